The van der Waals surface area contributed by atoms with Gasteiger partial charge in [0.15, 0.2) is 18.5 Å². The van der Waals surface area contributed by atoms with Gasteiger partial charge in [-0.25, -0.2) is 4.79 Å². The second kappa shape index (κ2) is 18.4. The van der Waals surface area contributed by atoms with Gasteiger partial charge in [-0.05, 0) is 41.5 Å². The van der Waals surface area contributed by atoms with Gasteiger partial charge in [0.1, 0.15) is 18.8 Å². The van der Waals surface area contributed by atoms with Gasteiger partial charge in [0.25, 0.3) is 0 Å². The molecule has 1 aliphatic carbocycles. The van der Waals surface area contributed by atoms with Gasteiger partial charge in [-0.15, -0.1) is 0 Å². The highest BCUT2D eigenvalue weighted by Crippen LogP contribution is 2.35. The maximum absolute atomic E-state index is 13.4. The summed E-state index contributed by atoms with van der Waals surface area (Å²) in [5.74, 6) is -2.16. The highest BCUT2D eigenvalue weighted by atomic mass is 16.7. The number of amides is 1. The maximum Gasteiger partial charge on any atom is 0.410 e. The van der Waals surface area contributed by atoms with E-state index in [1.54, 1.807) is 0 Å². The molecule has 0 bridgehead atoms. The first kappa shape index (κ1) is 37.5. The SMILES string of the molecule is CC(=O)O[C@@H]1[C@@H](OC(C)=O)[C@H](N=[N+]=[N-])C[C@H](N=[N+]=[N-])[C@H]1O[C@H]1O[C@H](CN(Cc2ccccc2)C(=O)OCc2ccccc2)CC[C@H]1OC(C)=O. The fraction of sp³-hybridized carbons (Fsp3) is 0.515. The Hall–Kier alpha value is -5.34. The fourth-order valence-electron chi connectivity index (χ4n) is 5.96. The van der Waals surface area contributed by atoms with Gasteiger partial charge in [-0.1, -0.05) is 70.9 Å². The molecule has 2 aromatic rings. The molecular formula is C33H39N7O10. The van der Waals surface area contributed by atoms with E-state index in [0.717, 1.165) is 25.0 Å². The number of esters is 3. The van der Waals surface area contributed by atoms with Crippen LogP contribution in [0.5, 0.6) is 0 Å². The minimum Gasteiger partial charge on any atom is -0.458 e. The third kappa shape index (κ3) is 10.8. The first-order valence-corrected chi connectivity index (χ1v) is 16.0. The lowest BCUT2D eigenvalue weighted by atomic mass is 9.84. The molecule has 0 aromatic heterocycles. The highest BCUT2D eigenvalue weighted by molar-refractivity contribution is 5.68. The standard InChI is InChI=1S/C33H39N7O10/c1-20(41)46-28-15-14-25(18-40(17-23-10-6-4-7-11-23)33(44)45-19-24-12-8-5-9-13-24)49-32(28)50-30-27(37-39-35)16-26(36-38-34)29(47-21(2)42)31(30)48-22(3)43/h4-13,25-32H,14-19H2,1-3H3/t25-,26+,27-,28+,29-,30+,31+,32+/m0/s1. The smallest absolute Gasteiger partial charge is 0.410 e. The Morgan fingerprint density at radius 1 is 0.780 bits per heavy atom. The van der Waals surface area contributed by atoms with Gasteiger partial charge in [0, 0.05) is 37.1 Å². The molecular weight excluding hydrogens is 654 g/mol. The molecule has 2 aliphatic rings. The molecule has 1 saturated carbocycles. The van der Waals surface area contributed by atoms with Crippen LogP contribution in [0.2, 0.25) is 0 Å². The van der Waals surface area contributed by atoms with Crippen LogP contribution in [0.1, 0.15) is 51.2 Å². The number of rotatable bonds is 13. The fourth-order valence-corrected chi connectivity index (χ4v) is 5.96. The minimum atomic E-state index is -1.42. The van der Waals surface area contributed by atoms with Crippen molar-refractivity contribution in [1.29, 1.82) is 0 Å². The van der Waals surface area contributed by atoms with Crippen LogP contribution < -0.4 is 0 Å². The summed E-state index contributed by atoms with van der Waals surface area (Å²) in [6.07, 6.45) is -7.08. The van der Waals surface area contributed by atoms with Crippen molar-refractivity contribution < 1.29 is 47.6 Å². The lowest BCUT2D eigenvalue weighted by molar-refractivity contribution is -0.285. The first-order chi connectivity index (χ1) is 24.1. The third-order valence-electron chi connectivity index (χ3n) is 8.01. The first-order valence-electron chi connectivity index (χ1n) is 16.0. The van der Waals surface area contributed by atoms with E-state index >= 15 is 0 Å². The molecule has 4 rings (SSSR count). The topological polar surface area (TPSA) is 224 Å². The van der Waals surface area contributed by atoms with Crippen LogP contribution in [0.25, 0.3) is 20.9 Å². The number of hydrogen-bond acceptors (Lipinski definition) is 12. The molecule has 2 fully saturated rings. The average molecular weight is 694 g/mol. The summed E-state index contributed by atoms with van der Waals surface area (Å²) < 4.78 is 34.9. The Kier molecular flexibility index (Phi) is 13.8. The molecule has 1 aliphatic heterocycles. The van der Waals surface area contributed by atoms with Crippen molar-refractivity contribution in [2.24, 2.45) is 10.2 Å². The number of carbonyl (C=O) groups is 4. The number of azide groups is 2. The van der Waals surface area contributed by atoms with Crippen LogP contribution in [0, 0.1) is 0 Å². The van der Waals surface area contributed by atoms with Crippen molar-refractivity contribution in [2.45, 2.75) is 102 Å². The summed E-state index contributed by atoms with van der Waals surface area (Å²) in [6.45, 7) is 3.78. The maximum atomic E-state index is 13.4. The zero-order chi connectivity index (χ0) is 36.0. The summed E-state index contributed by atoms with van der Waals surface area (Å²) in [6, 6.07) is 16.4. The van der Waals surface area contributed by atoms with Crippen molar-refractivity contribution in [2.75, 3.05) is 6.54 Å². The normalized spacial score (nSPS) is 25.8. The van der Waals surface area contributed by atoms with Gasteiger partial charge in [0.05, 0.1) is 24.7 Å². The molecule has 50 heavy (non-hydrogen) atoms. The monoisotopic (exact) mass is 693 g/mol. The van der Waals surface area contributed by atoms with Crippen molar-refractivity contribution >= 4 is 24.0 Å². The summed E-state index contributed by atoms with van der Waals surface area (Å²) in [4.78, 5) is 57.1. The Bertz CT molecular complexity index is 1570. The second-order valence-corrected chi connectivity index (χ2v) is 11.8. The number of ether oxygens (including phenoxy) is 6. The number of hydrogen-bond donors (Lipinski definition) is 0. The number of carbonyl (C=O) groups excluding carboxylic acids is 4. The van der Waals surface area contributed by atoms with Crippen molar-refractivity contribution in [3.63, 3.8) is 0 Å². The van der Waals surface area contributed by atoms with Gasteiger partial charge < -0.3 is 33.3 Å². The van der Waals surface area contributed by atoms with Gasteiger partial charge in [0.2, 0.25) is 0 Å². The molecule has 266 valence electrons. The van der Waals surface area contributed by atoms with Crippen molar-refractivity contribution in [1.82, 2.24) is 4.90 Å². The van der Waals surface area contributed by atoms with Crippen LogP contribution >= 0.6 is 0 Å². The van der Waals surface area contributed by atoms with Crippen molar-refractivity contribution in [3.05, 3.63) is 92.7 Å². The van der Waals surface area contributed by atoms with Crippen LogP contribution in [-0.4, -0.2) is 84.3 Å². The summed E-state index contributed by atoms with van der Waals surface area (Å²) in [5, 5.41) is 7.51. The lowest BCUT2D eigenvalue weighted by Gasteiger charge is -2.45. The van der Waals surface area contributed by atoms with E-state index < -0.39 is 72.9 Å². The van der Waals surface area contributed by atoms with E-state index in [1.165, 1.54) is 11.8 Å². The van der Waals surface area contributed by atoms with E-state index in [4.69, 9.17) is 28.4 Å². The molecule has 17 nitrogen and oxygen atoms in total. The predicted molar refractivity (Wildman–Crippen MR) is 173 cm³/mol. The molecule has 8 atom stereocenters. The van der Waals surface area contributed by atoms with E-state index in [9.17, 15) is 30.2 Å². The van der Waals surface area contributed by atoms with E-state index in [1.807, 2.05) is 60.7 Å². The summed E-state index contributed by atoms with van der Waals surface area (Å²) >= 11 is 0. The third-order valence-corrected chi connectivity index (χ3v) is 8.01. The molecule has 1 saturated heterocycles. The summed E-state index contributed by atoms with van der Waals surface area (Å²) in [7, 11) is 0. The summed E-state index contributed by atoms with van der Waals surface area (Å²) in [5.41, 5.74) is 20.2. The van der Waals surface area contributed by atoms with Crippen LogP contribution in [0.4, 0.5) is 4.79 Å². The molecule has 17 heteroatoms. The zero-order valence-corrected chi connectivity index (χ0v) is 27.8. The zero-order valence-electron chi connectivity index (χ0n) is 27.8. The predicted octanol–water partition coefficient (Wildman–Crippen LogP) is 5.27. The van der Waals surface area contributed by atoms with Crippen molar-refractivity contribution in [3.8, 4) is 0 Å². The van der Waals surface area contributed by atoms with Crippen LogP contribution in [0.15, 0.2) is 70.9 Å². The molecule has 0 spiro atoms. The van der Waals surface area contributed by atoms with Crippen LogP contribution in [-0.2, 0) is 56.0 Å². The molecule has 2 aromatic carbocycles. The Morgan fingerprint density at radius 2 is 1.34 bits per heavy atom. The largest absolute Gasteiger partial charge is 0.458 e. The number of benzene rings is 2. The minimum absolute atomic E-state index is 0.0527. The van der Waals surface area contributed by atoms with Gasteiger partial charge in [-0.3, -0.25) is 14.4 Å². The lowest BCUT2D eigenvalue weighted by Crippen LogP contribution is -2.60. The average Bonchev–Trinajstić information content (AvgIpc) is 3.08. The van der Waals surface area contributed by atoms with E-state index in [2.05, 4.69) is 20.1 Å². The highest BCUT2D eigenvalue weighted by Gasteiger charge is 2.51. The molecule has 0 radical (unpaired) electrons. The second-order valence-electron chi connectivity index (χ2n) is 11.8. The number of nitrogens with zero attached hydrogens (tertiary/aromatic N) is 7. The molecule has 1 amide bonds. The van der Waals surface area contributed by atoms with Gasteiger partial charge >= 0.3 is 24.0 Å². The quantitative estimate of drug-likeness (QED) is 0.0868. The Balaban J connectivity index is 1.61. The van der Waals surface area contributed by atoms with E-state index in [-0.39, 0.29) is 32.5 Å². The van der Waals surface area contributed by atoms with Gasteiger partial charge in [-0.2, -0.15) is 0 Å². The molecule has 0 unspecified atom stereocenters. The van der Waals surface area contributed by atoms with E-state index in [0.29, 0.717) is 6.42 Å². The van der Waals surface area contributed by atoms with Crippen LogP contribution in [0.3, 0.4) is 0 Å². The Morgan fingerprint density at radius 3 is 1.92 bits per heavy atom. The Labute approximate surface area is 287 Å². The molecule has 1 heterocycles. The molecule has 0 N–H and O–H groups in total.